The first-order chi connectivity index (χ1) is 15.0. The molecule has 0 aromatic heterocycles. The summed E-state index contributed by atoms with van der Waals surface area (Å²) < 4.78 is 14.0. The van der Waals surface area contributed by atoms with Gasteiger partial charge in [0.2, 0.25) is 11.8 Å². The molecule has 1 heterocycles. The fourth-order valence-corrected chi connectivity index (χ4v) is 5.27. The number of nitrogens with one attached hydrogen (secondary N) is 1. The molecule has 4 nitrogen and oxygen atoms in total. The van der Waals surface area contributed by atoms with Crippen molar-refractivity contribution in [1.82, 2.24) is 0 Å². The summed E-state index contributed by atoms with van der Waals surface area (Å²) in [4.78, 5) is 27.5. The van der Waals surface area contributed by atoms with Crippen LogP contribution < -0.4 is 10.2 Å². The standard InChI is InChI=1S/C24H21FN2O2S2/c1-16-20(25)8-5-9-21(16)27-23(29)15-31-24(27)17-10-12-18(13-11-17)26-22(28)14-30-19-6-3-2-4-7-19/h2-13,24H,14-15H2,1H3,(H,26,28). The van der Waals surface area contributed by atoms with Crippen molar-refractivity contribution < 1.29 is 14.0 Å². The molecule has 1 N–H and O–H groups in total. The van der Waals surface area contributed by atoms with Gasteiger partial charge in [-0.05, 0) is 48.9 Å². The summed E-state index contributed by atoms with van der Waals surface area (Å²) >= 11 is 2.99. The molecule has 0 aliphatic carbocycles. The third-order valence-electron chi connectivity index (χ3n) is 4.96. The second-order valence-corrected chi connectivity index (χ2v) is 9.20. The number of anilines is 2. The molecule has 7 heteroatoms. The van der Waals surface area contributed by atoms with Gasteiger partial charge in [0.05, 0.1) is 17.2 Å². The molecule has 1 fully saturated rings. The van der Waals surface area contributed by atoms with Crippen LogP contribution >= 0.6 is 23.5 Å². The van der Waals surface area contributed by atoms with E-state index in [9.17, 15) is 14.0 Å². The minimum absolute atomic E-state index is 0.0426. The Kier molecular flexibility index (Phi) is 6.63. The summed E-state index contributed by atoms with van der Waals surface area (Å²) in [5, 5.41) is 2.67. The second-order valence-electron chi connectivity index (χ2n) is 7.08. The number of thioether (sulfide) groups is 2. The smallest absolute Gasteiger partial charge is 0.238 e. The van der Waals surface area contributed by atoms with Gasteiger partial charge in [-0.3, -0.25) is 14.5 Å². The molecule has 3 aromatic carbocycles. The van der Waals surface area contributed by atoms with Crippen molar-refractivity contribution in [1.29, 1.82) is 0 Å². The molecule has 31 heavy (non-hydrogen) atoms. The van der Waals surface area contributed by atoms with Crippen LogP contribution in [0.2, 0.25) is 0 Å². The van der Waals surface area contributed by atoms with Crippen molar-refractivity contribution in [2.24, 2.45) is 0 Å². The van der Waals surface area contributed by atoms with Crippen LogP contribution in [0, 0.1) is 12.7 Å². The van der Waals surface area contributed by atoms with Crippen molar-refractivity contribution in [3.63, 3.8) is 0 Å². The number of rotatable bonds is 6. The van der Waals surface area contributed by atoms with Gasteiger partial charge < -0.3 is 5.32 Å². The molecule has 0 radical (unpaired) electrons. The number of amides is 2. The Hall–Kier alpha value is -2.77. The van der Waals surface area contributed by atoms with Crippen LogP contribution in [0.25, 0.3) is 0 Å². The van der Waals surface area contributed by atoms with Crippen LogP contribution in [-0.4, -0.2) is 23.3 Å². The molecular formula is C24H21FN2O2S2. The molecule has 1 aliphatic rings. The number of hydrogen-bond acceptors (Lipinski definition) is 4. The zero-order valence-electron chi connectivity index (χ0n) is 16.9. The van der Waals surface area contributed by atoms with Crippen LogP contribution in [-0.2, 0) is 9.59 Å². The van der Waals surface area contributed by atoms with E-state index < -0.39 is 0 Å². The topological polar surface area (TPSA) is 49.4 Å². The SMILES string of the molecule is Cc1c(F)cccc1N1C(=O)CSC1c1ccc(NC(=O)CSc2ccccc2)cc1. The quantitative estimate of drug-likeness (QED) is 0.492. The third kappa shape index (κ3) is 4.94. The number of halogens is 1. The molecule has 1 aliphatic heterocycles. The first-order valence-electron chi connectivity index (χ1n) is 9.79. The van der Waals surface area contributed by atoms with Gasteiger partial charge in [-0.25, -0.2) is 4.39 Å². The molecule has 0 saturated carbocycles. The number of carbonyl (C=O) groups is 2. The lowest BCUT2D eigenvalue weighted by Gasteiger charge is -2.26. The molecule has 1 atom stereocenters. The van der Waals surface area contributed by atoms with Gasteiger partial charge in [0.25, 0.3) is 0 Å². The maximum atomic E-state index is 14.0. The zero-order valence-corrected chi connectivity index (χ0v) is 18.5. The maximum Gasteiger partial charge on any atom is 0.238 e. The highest BCUT2D eigenvalue weighted by molar-refractivity contribution is 8.00. The number of carbonyl (C=O) groups excluding carboxylic acids is 2. The van der Waals surface area contributed by atoms with Gasteiger partial charge in [0.15, 0.2) is 0 Å². The molecule has 158 valence electrons. The normalized spacial score (nSPS) is 15.9. The molecule has 4 rings (SSSR count). The minimum Gasteiger partial charge on any atom is -0.325 e. The van der Waals surface area contributed by atoms with E-state index in [0.29, 0.717) is 28.4 Å². The predicted molar refractivity (Wildman–Crippen MR) is 126 cm³/mol. The minimum atomic E-state index is -0.326. The molecule has 2 amide bonds. The summed E-state index contributed by atoms with van der Waals surface area (Å²) in [5.41, 5.74) is 2.68. The van der Waals surface area contributed by atoms with Crippen LogP contribution in [0.5, 0.6) is 0 Å². The van der Waals surface area contributed by atoms with Crippen molar-refractivity contribution in [3.8, 4) is 0 Å². The molecule has 1 unspecified atom stereocenters. The Labute approximate surface area is 189 Å². The number of hydrogen-bond donors (Lipinski definition) is 1. The highest BCUT2D eigenvalue weighted by atomic mass is 32.2. The van der Waals surface area contributed by atoms with Crippen LogP contribution in [0.4, 0.5) is 15.8 Å². The predicted octanol–water partition coefficient (Wildman–Crippen LogP) is 5.64. The summed E-state index contributed by atoms with van der Waals surface area (Å²) in [6.07, 6.45) is 0. The lowest BCUT2D eigenvalue weighted by Crippen LogP contribution is -2.28. The van der Waals surface area contributed by atoms with Crippen molar-refractivity contribution in [3.05, 3.63) is 89.7 Å². The first kappa shape index (κ1) is 21.5. The largest absolute Gasteiger partial charge is 0.325 e. The van der Waals surface area contributed by atoms with Gasteiger partial charge >= 0.3 is 0 Å². The van der Waals surface area contributed by atoms with Gasteiger partial charge in [-0.2, -0.15) is 0 Å². The van der Waals surface area contributed by atoms with Crippen LogP contribution in [0.1, 0.15) is 16.5 Å². The average Bonchev–Trinajstić information content (AvgIpc) is 3.16. The summed E-state index contributed by atoms with van der Waals surface area (Å²) in [7, 11) is 0. The van der Waals surface area contributed by atoms with E-state index in [4.69, 9.17) is 0 Å². The Balaban J connectivity index is 1.44. The molecule has 0 spiro atoms. The first-order valence-corrected chi connectivity index (χ1v) is 11.8. The molecule has 1 saturated heterocycles. The Morgan fingerprint density at radius 3 is 2.58 bits per heavy atom. The van der Waals surface area contributed by atoms with E-state index in [-0.39, 0.29) is 23.0 Å². The van der Waals surface area contributed by atoms with Crippen molar-refractivity contribution in [2.45, 2.75) is 17.2 Å². The fraction of sp³-hybridized carbons (Fsp3) is 0.167. The Morgan fingerprint density at radius 1 is 1.10 bits per heavy atom. The van der Waals surface area contributed by atoms with E-state index in [0.717, 1.165) is 10.5 Å². The molecular weight excluding hydrogens is 431 g/mol. The lowest BCUT2D eigenvalue weighted by molar-refractivity contribution is -0.116. The Bertz CT molecular complexity index is 1090. The average molecular weight is 453 g/mol. The number of nitrogens with zero attached hydrogens (tertiary/aromatic N) is 1. The lowest BCUT2D eigenvalue weighted by atomic mass is 10.1. The molecule has 3 aromatic rings. The Morgan fingerprint density at radius 2 is 1.84 bits per heavy atom. The van der Waals surface area contributed by atoms with E-state index in [2.05, 4.69) is 5.32 Å². The summed E-state index contributed by atoms with van der Waals surface area (Å²) in [6.45, 7) is 1.68. The van der Waals surface area contributed by atoms with E-state index in [1.54, 1.807) is 24.0 Å². The van der Waals surface area contributed by atoms with Crippen molar-refractivity contribution >= 4 is 46.7 Å². The zero-order chi connectivity index (χ0) is 21.8. The van der Waals surface area contributed by atoms with Gasteiger partial charge in [-0.1, -0.05) is 36.4 Å². The maximum absolute atomic E-state index is 14.0. The fourth-order valence-electron chi connectivity index (χ4n) is 3.38. The second kappa shape index (κ2) is 9.58. The van der Waals surface area contributed by atoms with E-state index in [1.165, 1.54) is 29.6 Å². The van der Waals surface area contributed by atoms with Gasteiger partial charge in [-0.15, -0.1) is 23.5 Å². The van der Waals surface area contributed by atoms with Crippen molar-refractivity contribution in [2.75, 3.05) is 21.7 Å². The van der Waals surface area contributed by atoms with Crippen LogP contribution in [0.15, 0.2) is 77.7 Å². The summed E-state index contributed by atoms with van der Waals surface area (Å²) in [5.74, 6) is 0.219. The highest BCUT2D eigenvalue weighted by Gasteiger charge is 2.35. The van der Waals surface area contributed by atoms with Gasteiger partial charge in [0, 0.05) is 16.1 Å². The molecule has 0 bridgehead atoms. The monoisotopic (exact) mass is 452 g/mol. The van der Waals surface area contributed by atoms with Gasteiger partial charge in [0.1, 0.15) is 11.2 Å². The van der Waals surface area contributed by atoms with E-state index >= 15 is 0 Å². The van der Waals surface area contributed by atoms with E-state index in [1.807, 2.05) is 54.6 Å². The summed E-state index contributed by atoms with van der Waals surface area (Å²) in [6, 6.07) is 22.0. The number of benzene rings is 3. The van der Waals surface area contributed by atoms with Crippen LogP contribution in [0.3, 0.4) is 0 Å². The highest BCUT2D eigenvalue weighted by Crippen LogP contribution is 2.43. The third-order valence-corrected chi connectivity index (χ3v) is 7.18.